The zero-order chi connectivity index (χ0) is 8.85. The zero-order valence-electron chi connectivity index (χ0n) is 6.39. The molecule has 0 aromatic heterocycles. The first kappa shape index (κ1) is 9.87. The Kier molecular flexibility index (Phi) is 4.17. The highest BCUT2D eigenvalue weighted by atomic mass is 19.1. The van der Waals surface area contributed by atoms with Crippen LogP contribution in [-0.4, -0.2) is 24.8 Å². The number of carbonyl (C=O) groups is 2. The van der Waals surface area contributed by atoms with Crippen molar-refractivity contribution in [3.63, 3.8) is 0 Å². The summed E-state index contributed by atoms with van der Waals surface area (Å²) >= 11 is 0. The summed E-state index contributed by atoms with van der Waals surface area (Å²) in [6, 6.07) is 0. The molecule has 0 rings (SSSR count). The molecule has 5 heteroatoms. The van der Waals surface area contributed by atoms with Gasteiger partial charge in [0.15, 0.2) is 0 Å². The van der Waals surface area contributed by atoms with E-state index in [1.807, 2.05) is 0 Å². The van der Waals surface area contributed by atoms with E-state index in [1.165, 1.54) is 0 Å². The Morgan fingerprint density at radius 3 is 2.55 bits per heavy atom. The molecule has 4 nitrogen and oxygen atoms in total. The maximum atomic E-state index is 12.4. The summed E-state index contributed by atoms with van der Waals surface area (Å²) in [5.41, 5.74) is 0. The number of hydrogen-bond acceptors (Lipinski definition) is 3. The fourth-order valence-corrected chi connectivity index (χ4v) is 0.453. The molecule has 0 spiro atoms. The molecule has 0 aliphatic carbocycles. The molecule has 0 aromatic carbocycles. The van der Waals surface area contributed by atoms with Crippen molar-refractivity contribution in [2.75, 3.05) is 6.61 Å². The fraction of sp³-hybridized carbons (Fsp3) is 0.667. The maximum absolute atomic E-state index is 12.4. The molecule has 11 heavy (non-hydrogen) atoms. The van der Waals surface area contributed by atoms with Crippen LogP contribution in [0.4, 0.5) is 4.39 Å². The summed E-state index contributed by atoms with van der Waals surface area (Å²) in [4.78, 5) is 20.7. The van der Waals surface area contributed by atoms with Crippen LogP contribution in [0.2, 0.25) is 0 Å². The second kappa shape index (κ2) is 4.65. The lowest BCUT2D eigenvalue weighted by Crippen LogP contribution is -2.37. The van der Waals surface area contributed by atoms with Gasteiger partial charge in [-0.3, -0.25) is 4.79 Å². The molecule has 0 aromatic rings. The molecule has 1 atom stereocenters. The summed E-state index contributed by atoms with van der Waals surface area (Å²) in [5.74, 6) is -1.67. The van der Waals surface area contributed by atoms with Crippen molar-refractivity contribution in [3.05, 3.63) is 0 Å². The van der Waals surface area contributed by atoms with Crippen LogP contribution in [0.5, 0.6) is 0 Å². The predicted octanol–water partition coefficient (Wildman–Crippen LogP) is -0.0188. The Hall–Kier alpha value is -1.13. The Morgan fingerprint density at radius 2 is 2.18 bits per heavy atom. The van der Waals surface area contributed by atoms with Gasteiger partial charge in [0.05, 0.1) is 6.61 Å². The molecule has 1 N–H and O–H groups in total. The Labute approximate surface area is 63.7 Å². The van der Waals surface area contributed by atoms with Crippen molar-refractivity contribution < 1.29 is 18.7 Å². The SMILES string of the molecule is CCOC(=O)C(F)NC(C)=O. The summed E-state index contributed by atoms with van der Waals surface area (Å²) in [6.45, 7) is 2.77. The van der Waals surface area contributed by atoms with Gasteiger partial charge in [-0.25, -0.2) is 9.18 Å². The topological polar surface area (TPSA) is 55.4 Å². The highest BCUT2D eigenvalue weighted by Crippen LogP contribution is 1.89. The maximum Gasteiger partial charge on any atom is 0.361 e. The number of hydrogen-bond donors (Lipinski definition) is 1. The largest absolute Gasteiger partial charge is 0.462 e. The van der Waals surface area contributed by atoms with Crippen LogP contribution < -0.4 is 5.32 Å². The first-order chi connectivity index (χ1) is 5.07. The van der Waals surface area contributed by atoms with Crippen molar-refractivity contribution in [2.45, 2.75) is 20.1 Å². The molecule has 0 heterocycles. The van der Waals surface area contributed by atoms with Crippen LogP contribution in [0.25, 0.3) is 0 Å². The molecular weight excluding hydrogens is 153 g/mol. The number of alkyl halides is 1. The normalized spacial score (nSPS) is 11.9. The average Bonchev–Trinajstić information content (AvgIpc) is 1.86. The van der Waals surface area contributed by atoms with Crippen LogP contribution in [-0.2, 0) is 14.3 Å². The monoisotopic (exact) mass is 163 g/mol. The third kappa shape index (κ3) is 4.30. The molecule has 0 bridgehead atoms. The van der Waals surface area contributed by atoms with Crippen molar-refractivity contribution in [1.82, 2.24) is 5.32 Å². The highest BCUT2D eigenvalue weighted by molar-refractivity contribution is 5.81. The molecule has 0 radical (unpaired) electrons. The number of rotatable bonds is 3. The fourth-order valence-electron chi connectivity index (χ4n) is 0.453. The third-order valence-corrected chi connectivity index (χ3v) is 0.824. The Bertz CT molecular complexity index is 160. The minimum atomic E-state index is -2.05. The first-order valence-electron chi connectivity index (χ1n) is 3.15. The van der Waals surface area contributed by atoms with E-state index in [0.717, 1.165) is 6.92 Å². The molecule has 64 valence electrons. The van der Waals surface area contributed by atoms with Crippen LogP contribution in [0.3, 0.4) is 0 Å². The standard InChI is InChI=1S/C6H10FNO3/c1-3-11-6(10)5(7)8-4(2)9/h5H,3H2,1-2H3,(H,8,9). The third-order valence-electron chi connectivity index (χ3n) is 0.824. The number of nitrogens with one attached hydrogen (secondary N) is 1. The highest BCUT2D eigenvalue weighted by Gasteiger charge is 2.18. The summed E-state index contributed by atoms with van der Waals surface area (Å²) < 4.78 is 16.7. The minimum absolute atomic E-state index is 0.0961. The van der Waals surface area contributed by atoms with E-state index >= 15 is 0 Å². The number of ether oxygens (including phenoxy) is 1. The van der Waals surface area contributed by atoms with E-state index in [9.17, 15) is 14.0 Å². The van der Waals surface area contributed by atoms with Crippen LogP contribution >= 0.6 is 0 Å². The lowest BCUT2D eigenvalue weighted by atomic mass is 10.5. The van der Waals surface area contributed by atoms with Crippen LogP contribution in [0.1, 0.15) is 13.8 Å². The van der Waals surface area contributed by atoms with Gasteiger partial charge < -0.3 is 10.1 Å². The smallest absolute Gasteiger partial charge is 0.361 e. The van der Waals surface area contributed by atoms with E-state index < -0.39 is 18.2 Å². The first-order valence-corrected chi connectivity index (χ1v) is 3.15. The van der Waals surface area contributed by atoms with Crippen molar-refractivity contribution in [1.29, 1.82) is 0 Å². The number of amides is 1. The van der Waals surface area contributed by atoms with Gasteiger partial charge in [0.25, 0.3) is 6.30 Å². The summed E-state index contributed by atoms with van der Waals surface area (Å²) in [6.07, 6.45) is -2.05. The lowest BCUT2D eigenvalue weighted by molar-refractivity contribution is -0.152. The van der Waals surface area contributed by atoms with Gasteiger partial charge in [-0.15, -0.1) is 0 Å². The molecule has 0 saturated heterocycles. The van der Waals surface area contributed by atoms with E-state index in [4.69, 9.17) is 0 Å². The summed E-state index contributed by atoms with van der Waals surface area (Å²) in [7, 11) is 0. The van der Waals surface area contributed by atoms with Crippen molar-refractivity contribution in [3.8, 4) is 0 Å². The van der Waals surface area contributed by atoms with Gasteiger partial charge in [0.1, 0.15) is 0 Å². The van der Waals surface area contributed by atoms with E-state index in [0.29, 0.717) is 0 Å². The van der Waals surface area contributed by atoms with Gasteiger partial charge in [-0.1, -0.05) is 0 Å². The van der Waals surface area contributed by atoms with Gasteiger partial charge in [0, 0.05) is 6.92 Å². The molecule has 0 saturated carbocycles. The number of halogens is 1. The molecule has 1 amide bonds. The van der Waals surface area contributed by atoms with E-state index in [1.54, 1.807) is 12.2 Å². The molecule has 0 aliphatic rings. The molecule has 1 unspecified atom stereocenters. The van der Waals surface area contributed by atoms with Crippen LogP contribution in [0.15, 0.2) is 0 Å². The second-order valence-electron chi connectivity index (χ2n) is 1.82. The van der Waals surface area contributed by atoms with Gasteiger partial charge in [0.2, 0.25) is 5.91 Å². The summed E-state index contributed by atoms with van der Waals surface area (Å²) in [5, 5.41) is 1.75. The average molecular weight is 163 g/mol. The second-order valence-corrected chi connectivity index (χ2v) is 1.82. The Balaban J connectivity index is 3.73. The van der Waals surface area contributed by atoms with Gasteiger partial charge in [-0.05, 0) is 6.92 Å². The molecule has 0 aliphatic heterocycles. The molecule has 0 fully saturated rings. The number of carbonyl (C=O) groups excluding carboxylic acids is 2. The predicted molar refractivity (Wildman–Crippen MR) is 35.3 cm³/mol. The van der Waals surface area contributed by atoms with Crippen LogP contribution in [0, 0.1) is 0 Å². The lowest BCUT2D eigenvalue weighted by Gasteiger charge is -2.06. The molecular formula is C6H10FNO3. The van der Waals surface area contributed by atoms with E-state index in [2.05, 4.69) is 4.74 Å². The van der Waals surface area contributed by atoms with Gasteiger partial charge >= 0.3 is 5.97 Å². The quantitative estimate of drug-likeness (QED) is 0.470. The zero-order valence-corrected chi connectivity index (χ0v) is 6.39. The van der Waals surface area contributed by atoms with Crippen molar-refractivity contribution >= 4 is 11.9 Å². The van der Waals surface area contributed by atoms with Gasteiger partial charge in [-0.2, -0.15) is 0 Å². The number of esters is 1. The minimum Gasteiger partial charge on any atom is -0.462 e. The Morgan fingerprint density at radius 1 is 1.64 bits per heavy atom. The van der Waals surface area contributed by atoms with Crippen molar-refractivity contribution in [2.24, 2.45) is 0 Å². The van der Waals surface area contributed by atoms with E-state index in [-0.39, 0.29) is 6.61 Å².